The van der Waals surface area contributed by atoms with Gasteiger partial charge in [0.25, 0.3) is 0 Å². The Morgan fingerprint density at radius 1 is 0.426 bits per heavy atom. The van der Waals surface area contributed by atoms with Crippen LogP contribution in [0.25, 0.3) is 0 Å². The highest BCUT2D eigenvalue weighted by atomic mass is 16.7. The van der Waals surface area contributed by atoms with Crippen molar-refractivity contribution in [1.29, 1.82) is 0 Å². The predicted molar refractivity (Wildman–Crippen MR) is 189 cm³/mol. The largest absolute Gasteiger partial charge is 0.392 e. The highest BCUT2D eigenvalue weighted by Crippen LogP contribution is 2.37. The molecule has 0 aliphatic carbocycles. The van der Waals surface area contributed by atoms with Gasteiger partial charge in [-0.1, -0.05) is 60.7 Å². The van der Waals surface area contributed by atoms with E-state index in [4.69, 9.17) is 47.4 Å². The van der Waals surface area contributed by atoms with Crippen molar-refractivity contribution in [2.45, 2.75) is 79.5 Å². The average molecular weight is 757 g/mol. The van der Waals surface area contributed by atoms with Crippen molar-refractivity contribution >= 4 is 23.9 Å². The minimum atomic E-state index is -1.08. The van der Waals surface area contributed by atoms with Gasteiger partial charge in [-0.05, 0) is 55.4 Å². The minimum absolute atomic E-state index is 0.0818. The van der Waals surface area contributed by atoms with Crippen molar-refractivity contribution in [2.24, 2.45) is 21.7 Å². The van der Waals surface area contributed by atoms with Crippen LogP contribution < -0.4 is 0 Å². The lowest BCUT2D eigenvalue weighted by molar-refractivity contribution is -0.286. The van der Waals surface area contributed by atoms with Gasteiger partial charge in [-0.15, -0.1) is 0 Å². The van der Waals surface area contributed by atoms with Crippen molar-refractivity contribution in [3.05, 3.63) is 71.8 Å². The number of ether oxygens (including phenoxy) is 10. The molecule has 0 unspecified atom stereocenters. The van der Waals surface area contributed by atoms with Gasteiger partial charge in [0.2, 0.25) is 0 Å². The highest BCUT2D eigenvalue weighted by Gasteiger charge is 2.49. The normalized spacial score (nSPS) is 29.7. The fraction of sp³-hybridized carbons (Fsp3) is 0.600. The summed E-state index contributed by atoms with van der Waals surface area (Å²) in [5, 5.41) is 0. The maximum Gasteiger partial charge on any atom is 0.324 e. The third kappa shape index (κ3) is 9.98. The lowest BCUT2D eigenvalue weighted by atomic mass is 9.90. The highest BCUT2D eigenvalue weighted by molar-refractivity contribution is 5.92. The van der Waals surface area contributed by atoms with E-state index in [1.165, 1.54) is 0 Å². The van der Waals surface area contributed by atoms with Crippen molar-refractivity contribution in [3.63, 3.8) is 0 Å². The molecule has 14 nitrogen and oxygen atoms in total. The number of carbonyl (C=O) groups is 4. The molecule has 0 bridgehead atoms. The second-order valence-electron chi connectivity index (χ2n) is 16.3. The Labute approximate surface area is 315 Å². The fourth-order valence-electron chi connectivity index (χ4n) is 5.45. The molecule has 14 heteroatoms. The summed E-state index contributed by atoms with van der Waals surface area (Å²) in [6.45, 7) is 14.5. The number of esters is 4. The zero-order chi connectivity index (χ0) is 39.4. The van der Waals surface area contributed by atoms with Gasteiger partial charge in [-0.3, -0.25) is 19.2 Å². The summed E-state index contributed by atoms with van der Waals surface area (Å²) in [7, 11) is 0. The van der Waals surface area contributed by atoms with Gasteiger partial charge >= 0.3 is 23.9 Å². The molecule has 4 aliphatic rings. The third-order valence-corrected chi connectivity index (χ3v) is 9.65. The number of hydrogen-bond acceptors (Lipinski definition) is 14. The molecule has 296 valence electrons. The summed E-state index contributed by atoms with van der Waals surface area (Å²) in [5.74, 6) is -4.18. The smallest absolute Gasteiger partial charge is 0.324 e. The molecule has 0 saturated carbocycles. The summed E-state index contributed by atoms with van der Waals surface area (Å²) >= 11 is 0. The summed E-state index contributed by atoms with van der Waals surface area (Å²) in [6, 6.07) is 18.9. The lowest BCUT2D eigenvalue weighted by Crippen LogP contribution is -2.53. The van der Waals surface area contributed by atoms with Gasteiger partial charge in [0.05, 0.1) is 52.9 Å². The van der Waals surface area contributed by atoms with Gasteiger partial charge in [0, 0.05) is 11.1 Å². The van der Waals surface area contributed by atoms with E-state index in [1.54, 1.807) is 55.4 Å². The van der Waals surface area contributed by atoms with Crippen molar-refractivity contribution in [2.75, 3.05) is 52.9 Å². The quantitative estimate of drug-likeness (QED) is 0.280. The maximum absolute atomic E-state index is 12.8. The monoisotopic (exact) mass is 756 g/mol. The van der Waals surface area contributed by atoms with E-state index < -0.39 is 69.7 Å². The molecular formula is C40H52O14. The van der Waals surface area contributed by atoms with Gasteiger partial charge < -0.3 is 47.4 Å². The first-order valence-electron chi connectivity index (χ1n) is 17.9. The molecule has 0 radical (unpaired) electrons. The van der Waals surface area contributed by atoms with E-state index in [1.807, 2.05) is 60.7 Å². The maximum atomic E-state index is 12.8. The SMILES string of the molecule is CC1(C(=O)OC(=O)C2(C)COC(c3ccccc3)OC2)COC(c2ccccc2)OC1.CC1(C)OCC(C)(C(=O)OC(=O)C2(C)COC(C)(C)OC2)CO1. The van der Waals surface area contributed by atoms with E-state index in [2.05, 4.69) is 0 Å². The van der Waals surface area contributed by atoms with Crippen LogP contribution in [-0.4, -0.2) is 88.3 Å². The lowest BCUT2D eigenvalue weighted by Gasteiger charge is -2.41. The summed E-state index contributed by atoms with van der Waals surface area (Å²) in [4.78, 5) is 50.3. The predicted octanol–water partition coefficient (Wildman–Crippen LogP) is 5.19. The van der Waals surface area contributed by atoms with Crippen LogP contribution in [0.2, 0.25) is 0 Å². The number of rotatable bonds is 6. The van der Waals surface area contributed by atoms with Crippen LogP contribution in [0.15, 0.2) is 60.7 Å². The van der Waals surface area contributed by atoms with Crippen molar-refractivity contribution in [1.82, 2.24) is 0 Å². The molecule has 0 atom stereocenters. The molecule has 0 spiro atoms. The van der Waals surface area contributed by atoms with Crippen LogP contribution >= 0.6 is 0 Å². The van der Waals surface area contributed by atoms with E-state index >= 15 is 0 Å². The molecule has 6 rings (SSSR count). The average Bonchev–Trinajstić information content (AvgIpc) is 3.16. The van der Waals surface area contributed by atoms with E-state index in [0.29, 0.717) is 0 Å². The molecule has 4 saturated heterocycles. The molecule has 0 N–H and O–H groups in total. The Bertz CT molecular complexity index is 1480. The Morgan fingerprint density at radius 3 is 0.926 bits per heavy atom. The molecule has 2 aromatic rings. The zero-order valence-corrected chi connectivity index (χ0v) is 32.3. The molecular weight excluding hydrogens is 704 g/mol. The van der Waals surface area contributed by atoms with Crippen LogP contribution in [0.3, 0.4) is 0 Å². The zero-order valence-electron chi connectivity index (χ0n) is 32.3. The second kappa shape index (κ2) is 16.2. The fourth-order valence-corrected chi connectivity index (χ4v) is 5.45. The molecule has 4 fully saturated rings. The molecule has 0 aromatic heterocycles. The Hall–Kier alpha value is -3.60. The summed E-state index contributed by atoms with van der Waals surface area (Å²) < 4.78 is 55.2. The standard InChI is InChI=1S/C24H26O7.C16H26O7/c1-23(13-27-19(28-14-23)17-9-5-3-6-10-17)21(25)31-22(26)24(2)15-29-20(30-16-24)18-11-7-4-8-12-18;1-13(2)19-7-15(5,8-20-13)11(17)23-12(18)16(6)9-21-14(3,4)22-10-16/h3-12,19-20H,13-16H2,1-2H3;7-10H2,1-6H3. The first kappa shape index (κ1) is 41.6. The van der Waals surface area contributed by atoms with E-state index in [-0.39, 0.29) is 52.9 Å². The topological polar surface area (TPSA) is 161 Å². The van der Waals surface area contributed by atoms with Crippen molar-refractivity contribution < 1.29 is 66.5 Å². The summed E-state index contributed by atoms with van der Waals surface area (Å²) in [6.07, 6.45) is -1.10. The number of benzene rings is 2. The van der Waals surface area contributed by atoms with E-state index in [0.717, 1.165) is 11.1 Å². The first-order valence-corrected chi connectivity index (χ1v) is 17.9. The molecule has 2 aromatic carbocycles. The van der Waals surface area contributed by atoms with Gasteiger partial charge in [0.15, 0.2) is 24.2 Å². The van der Waals surface area contributed by atoms with Crippen LogP contribution in [0, 0.1) is 21.7 Å². The number of carbonyl (C=O) groups excluding carboxylic acids is 4. The molecule has 4 aliphatic heterocycles. The Balaban J connectivity index is 0.000000218. The first-order chi connectivity index (χ1) is 25.3. The molecule has 0 amide bonds. The Kier molecular flexibility index (Phi) is 12.5. The van der Waals surface area contributed by atoms with Gasteiger partial charge in [0.1, 0.15) is 21.7 Å². The van der Waals surface area contributed by atoms with Crippen LogP contribution in [0.4, 0.5) is 0 Å². The second-order valence-corrected chi connectivity index (χ2v) is 16.3. The van der Waals surface area contributed by atoms with Crippen molar-refractivity contribution in [3.8, 4) is 0 Å². The van der Waals surface area contributed by atoms with Crippen LogP contribution in [0.1, 0.15) is 79.1 Å². The summed E-state index contributed by atoms with van der Waals surface area (Å²) in [5.41, 5.74) is -2.47. The molecule has 4 heterocycles. The number of hydrogen-bond donors (Lipinski definition) is 0. The van der Waals surface area contributed by atoms with Crippen LogP contribution in [0.5, 0.6) is 0 Å². The minimum Gasteiger partial charge on any atom is -0.392 e. The van der Waals surface area contributed by atoms with Gasteiger partial charge in [-0.25, -0.2) is 0 Å². The third-order valence-electron chi connectivity index (χ3n) is 9.65. The van der Waals surface area contributed by atoms with Gasteiger partial charge in [-0.2, -0.15) is 0 Å². The molecule has 54 heavy (non-hydrogen) atoms. The van der Waals surface area contributed by atoms with E-state index in [9.17, 15) is 19.2 Å². The Morgan fingerprint density at radius 2 is 0.667 bits per heavy atom. The van der Waals surface area contributed by atoms with Crippen LogP contribution in [-0.2, 0) is 66.5 Å².